The number of rotatable bonds is 6. The molecule has 1 fully saturated rings. The lowest BCUT2D eigenvalue weighted by molar-refractivity contribution is 0.0964. The van der Waals surface area contributed by atoms with Gasteiger partial charge in [0.1, 0.15) is 17.2 Å². The van der Waals surface area contributed by atoms with Crippen molar-refractivity contribution in [3.8, 4) is 11.3 Å². The number of aliphatic hydroxyl groups excluding tert-OH is 1. The number of nitrogens with one attached hydrogen (secondary N) is 1. The van der Waals surface area contributed by atoms with Crippen LogP contribution in [0.1, 0.15) is 47.2 Å². The minimum absolute atomic E-state index is 0.158. The summed E-state index contributed by atoms with van der Waals surface area (Å²) >= 11 is 0. The Morgan fingerprint density at radius 1 is 1.15 bits per heavy atom. The Morgan fingerprint density at radius 2 is 1.79 bits per heavy atom. The number of fused-ring (bicyclic) bond motifs is 1. The van der Waals surface area contributed by atoms with E-state index in [9.17, 15) is 17.6 Å². The fourth-order valence-electron chi connectivity index (χ4n) is 4.50. The number of aliphatic hydroxyl groups is 1. The number of nitrogen functional groups attached to an aromatic ring is 1. The van der Waals surface area contributed by atoms with Gasteiger partial charge in [0, 0.05) is 36.4 Å². The molecule has 0 spiro atoms. The molecule has 39 heavy (non-hydrogen) atoms. The van der Waals surface area contributed by atoms with Crippen LogP contribution >= 0.6 is 0 Å². The second kappa shape index (κ2) is 11.1. The van der Waals surface area contributed by atoms with Gasteiger partial charge in [-0.25, -0.2) is 17.1 Å². The van der Waals surface area contributed by atoms with E-state index in [2.05, 4.69) is 5.32 Å². The van der Waals surface area contributed by atoms with Crippen LogP contribution in [0.15, 0.2) is 59.0 Å². The van der Waals surface area contributed by atoms with E-state index in [-0.39, 0.29) is 24.2 Å². The second-order valence-electron chi connectivity index (χ2n) is 9.46. The number of sulfonamides is 1. The summed E-state index contributed by atoms with van der Waals surface area (Å²) in [6.07, 6.45) is 2.98. The average molecular weight is 554 g/mol. The van der Waals surface area contributed by atoms with Gasteiger partial charge in [-0.1, -0.05) is 0 Å². The van der Waals surface area contributed by atoms with Crippen molar-refractivity contribution >= 4 is 44.0 Å². The Balaban J connectivity index is 0.00000112. The molecule has 10 heteroatoms. The molecule has 1 aliphatic carbocycles. The predicted molar refractivity (Wildman–Crippen MR) is 152 cm³/mol. The van der Waals surface area contributed by atoms with Crippen LogP contribution in [0.4, 0.5) is 21.5 Å². The number of benzene rings is 3. The van der Waals surface area contributed by atoms with Gasteiger partial charge in [0.05, 0.1) is 23.2 Å². The lowest BCUT2D eigenvalue weighted by atomic mass is 10.00. The first-order valence-electron chi connectivity index (χ1n) is 12.6. The molecule has 0 radical (unpaired) electrons. The van der Waals surface area contributed by atoms with Gasteiger partial charge >= 0.3 is 0 Å². The highest BCUT2D eigenvalue weighted by molar-refractivity contribution is 7.92. The number of carbonyl (C=O) groups excluding carboxylic acids is 1. The largest absolute Gasteiger partial charge is 0.455 e. The average Bonchev–Trinajstić information content (AvgIpc) is 3.66. The topological polar surface area (TPSA) is 126 Å². The molecule has 1 aliphatic rings. The van der Waals surface area contributed by atoms with Crippen molar-refractivity contribution in [3.05, 3.63) is 77.1 Å². The lowest BCUT2D eigenvalue weighted by Gasteiger charge is -2.26. The lowest BCUT2D eigenvalue weighted by Crippen LogP contribution is -2.26. The maximum absolute atomic E-state index is 13.6. The molecular weight excluding hydrogens is 521 g/mol. The van der Waals surface area contributed by atoms with E-state index < -0.39 is 15.8 Å². The Hall–Kier alpha value is -3.89. The highest BCUT2D eigenvalue weighted by atomic mass is 32.2. The Morgan fingerprint density at radius 3 is 2.33 bits per heavy atom. The van der Waals surface area contributed by atoms with Gasteiger partial charge in [-0.05, 0) is 92.3 Å². The molecule has 5 rings (SSSR count). The van der Waals surface area contributed by atoms with Crippen LogP contribution in [0.3, 0.4) is 0 Å². The maximum Gasteiger partial charge on any atom is 0.255 e. The van der Waals surface area contributed by atoms with Crippen molar-refractivity contribution < 1.29 is 27.1 Å². The molecule has 0 saturated heterocycles. The van der Waals surface area contributed by atoms with E-state index in [1.807, 2.05) is 13.0 Å². The number of furan rings is 1. The van der Waals surface area contributed by atoms with Crippen LogP contribution in [0.25, 0.3) is 22.3 Å². The summed E-state index contributed by atoms with van der Waals surface area (Å²) in [5, 5.41) is 10.8. The third kappa shape index (κ3) is 5.76. The molecule has 4 aromatic rings. The van der Waals surface area contributed by atoms with Gasteiger partial charge in [-0.15, -0.1) is 0 Å². The fraction of sp³-hybridized carbons (Fsp3) is 0.276. The summed E-state index contributed by atoms with van der Waals surface area (Å²) < 4.78 is 47.2. The smallest absolute Gasteiger partial charge is 0.255 e. The fourth-order valence-corrected chi connectivity index (χ4v) is 5.51. The summed E-state index contributed by atoms with van der Waals surface area (Å²) in [7, 11) is -2.22. The highest BCUT2D eigenvalue weighted by Crippen LogP contribution is 2.49. The van der Waals surface area contributed by atoms with Gasteiger partial charge in [0.25, 0.3) is 5.91 Å². The zero-order chi connectivity index (χ0) is 28.5. The molecule has 0 aliphatic heterocycles. The number of anilines is 3. The van der Waals surface area contributed by atoms with E-state index in [1.54, 1.807) is 43.3 Å². The number of hydrogen-bond donors (Lipinski definition) is 3. The van der Waals surface area contributed by atoms with E-state index in [1.165, 1.54) is 23.5 Å². The summed E-state index contributed by atoms with van der Waals surface area (Å²) in [4.78, 5) is 13.0. The molecule has 206 valence electrons. The van der Waals surface area contributed by atoms with Crippen LogP contribution in [0.5, 0.6) is 0 Å². The monoisotopic (exact) mass is 553 g/mol. The molecule has 0 unspecified atom stereocenters. The van der Waals surface area contributed by atoms with Crippen molar-refractivity contribution in [1.29, 1.82) is 0 Å². The van der Waals surface area contributed by atoms with Gasteiger partial charge < -0.3 is 20.6 Å². The molecular formula is C29H32FN3O5S. The van der Waals surface area contributed by atoms with Gasteiger partial charge in [-0.3, -0.25) is 4.79 Å². The minimum atomic E-state index is -3.75. The standard InChI is InChI=1S/C27H26FN3O4S.C2H6O/c1-15-12-19(10-11-22(15)29)31(36(3,33)34)23-14-24-21(13-20(23)16-4-5-16)25(27(32)30-2)26(35-24)17-6-8-18(28)9-7-17;1-2-3/h6-14,16H,4-5,29H2,1-3H3,(H,30,32);3H,2H2,1H3. The normalized spacial score (nSPS) is 13.1. The van der Waals surface area contributed by atoms with Crippen LogP contribution in [-0.2, 0) is 10.0 Å². The molecule has 0 bridgehead atoms. The van der Waals surface area contributed by atoms with Crippen molar-refractivity contribution in [2.24, 2.45) is 0 Å². The number of nitrogens with two attached hydrogens (primary N) is 1. The van der Waals surface area contributed by atoms with Crippen molar-refractivity contribution in [1.82, 2.24) is 5.32 Å². The van der Waals surface area contributed by atoms with Gasteiger partial charge in [0.15, 0.2) is 0 Å². The van der Waals surface area contributed by atoms with Crippen molar-refractivity contribution in [2.45, 2.75) is 32.6 Å². The Labute approximate surface area is 227 Å². The number of carbonyl (C=O) groups is 1. The van der Waals surface area contributed by atoms with Gasteiger partial charge in [-0.2, -0.15) is 0 Å². The molecule has 1 aromatic heterocycles. The zero-order valence-corrected chi connectivity index (χ0v) is 23.1. The number of halogens is 1. The summed E-state index contributed by atoms with van der Waals surface area (Å²) in [6.45, 7) is 3.75. The van der Waals surface area contributed by atoms with Gasteiger partial charge in [0.2, 0.25) is 10.0 Å². The van der Waals surface area contributed by atoms with Crippen LogP contribution in [0.2, 0.25) is 0 Å². The molecule has 4 N–H and O–H groups in total. The van der Waals surface area contributed by atoms with Crippen LogP contribution < -0.4 is 15.4 Å². The number of amides is 1. The van der Waals surface area contributed by atoms with E-state index in [4.69, 9.17) is 15.3 Å². The van der Waals surface area contributed by atoms with Crippen molar-refractivity contribution in [3.63, 3.8) is 0 Å². The molecule has 8 nitrogen and oxygen atoms in total. The molecule has 3 aromatic carbocycles. The van der Waals surface area contributed by atoms with E-state index in [0.717, 1.165) is 30.2 Å². The van der Waals surface area contributed by atoms with E-state index >= 15 is 0 Å². The molecule has 1 saturated carbocycles. The van der Waals surface area contributed by atoms with Crippen LogP contribution in [0, 0.1) is 12.7 Å². The Bertz CT molecular complexity index is 1630. The van der Waals surface area contributed by atoms with Crippen LogP contribution in [-0.4, -0.2) is 39.3 Å². The first kappa shape index (κ1) is 28.1. The summed E-state index contributed by atoms with van der Waals surface area (Å²) in [5.74, 6) is -0.309. The molecule has 1 amide bonds. The summed E-state index contributed by atoms with van der Waals surface area (Å²) in [5.41, 5.74) is 10.3. The Kier molecular flexibility index (Phi) is 7.99. The highest BCUT2D eigenvalue weighted by Gasteiger charge is 2.34. The third-order valence-electron chi connectivity index (χ3n) is 6.45. The molecule has 0 atom stereocenters. The first-order chi connectivity index (χ1) is 18.5. The SMILES string of the molecule is CCO.CNC(=O)c1c(-c2ccc(F)cc2)oc2cc(N(c3ccc(N)c(C)c3)S(C)(=O)=O)c(C3CC3)cc12. The predicted octanol–water partition coefficient (Wildman–Crippen LogP) is 5.46. The number of aryl methyl sites for hydroxylation is 1. The third-order valence-corrected chi connectivity index (χ3v) is 7.52. The first-order valence-corrected chi connectivity index (χ1v) is 14.4. The summed E-state index contributed by atoms with van der Waals surface area (Å²) in [6, 6.07) is 14.3. The maximum atomic E-state index is 13.6. The quantitative estimate of drug-likeness (QED) is 0.272. The zero-order valence-electron chi connectivity index (χ0n) is 22.3. The van der Waals surface area contributed by atoms with E-state index in [0.29, 0.717) is 39.2 Å². The number of hydrogen-bond acceptors (Lipinski definition) is 6. The minimum Gasteiger partial charge on any atom is -0.455 e. The van der Waals surface area contributed by atoms with Crippen molar-refractivity contribution in [2.75, 3.05) is 29.9 Å². The second-order valence-corrected chi connectivity index (χ2v) is 11.3. The number of nitrogens with zero attached hydrogens (tertiary/aromatic N) is 1. The molecule has 1 heterocycles.